The number of carbonyl (C=O) groups is 1. The summed E-state index contributed by atoms with van der Waals surface area (Å²) in [7, 11) is 0. The molecular formula is C22H33NO. The van der Waals surface area contributed by atoms with Gasteiger partial charge in [-0.25, -0.2) is 0 Å². The maximum atomic E-state index is 12.3. The van der Waals surface area contributed by atoms with Gasteiger partial charge in [0.2, 0.25) is 0 Å². The second-order valence-electron chi connectivity index (χ2n) is 8.67. The number of hydrogen-bond acceptors (Lipinski definition) is 2. The molecule has 0 spiro atoms. The molecule has 1 heterocycles. The van der Waals surface area contributed by atoms with Crippen molar-refractivity contribution in [3.8, 4) is 0 Å². The summed E-state index contributed by atoms with van der Waals surface area (Å²) < 4.78 is 0. The lowest BCUT2D eigenvalue weighted by Gasteiger charge is -2.49. The van der Waals surface area contributed by atoms with Gasteiger partial charge in [0, 0.05) is 36.5 Å². The van der Waals surface area contributed by atoms with Crippen molar-refractivity contribution in [1.82, 2.24) is 4.90 Å². The van der Waals surface area contributed by atoms with Crippen molar-refractivity contribution in [3.05, 3.63) is 23.9 Å². The van der Waals surface area contributed by atoms with E-state index in [1.807, 2.05) is 0 Å². The van der Waals surface area contributed by atoms with E-state index in [4.69, 9.17) is 0 Å². The molecule has 4 rings (SSSR count). The molecule has 0 aromatic rings. The molecule has 1 aliphatic heterocycles. The van der Waals surface area contributed by atoms with Crippen LogP contribution in [-0.4, -0.2) is 23.3 Å². The number of allylic oxidation sites excluding steroid dienone is 4. The number of fused-ring (bicyclic) bond motifs is 3. The zero-order valence-corrected chi connectivity index (χ0v) is 15.3. The average Bonchev–Trinajstić information content (AvgIpc) is 2.61. The summed E-state index contributed by atoms with van der Waals surface area (Å²) in [6.45, 7) is 3.65. The fourth-order valence-corrected chi connectivity index (χ4v) is 5.79. The Morgan fingerprint density at radius 3 is 2.75 bits per heavy atom. The second-order valence-corrected chi connectivity index (χ2v) is 8.67. The SMILES string of the molecule is CC1CC[C@@H]2C(=CCC3C(=O)CC=CC32)N1CCC1CCCCC1. The van der Waals surface area contributed by atoms with Crippen molar-refractivity contribution in [3.63, 3.8) is 0 Å². The molecule has 3 unspecified atom stereocenters. The van der Waals surface area contributed by atoms with Crippen LogP contribution >= 0.6 is 0 Å². The molecule has 2 heteroatoms. The number of ketones is 1. The highest BCUT2D eigenvalue weighted by Gasteiger charge is 2.42. The fraction of sp³-hybridized carbons (Fsp3) is 0.773. The van der Waals surface area contributed by atoms with Gasteiger partial charge in [0.1, 0.15) is 5.78 Å². The Hall–Kier alpha value is -1.05. The van der Waals surface area contributed by atoms with Gasteiger partial charge >= 0.3 is 0 Å². The summed E-state index contributed by atoms with van der Waals surface area (Å²) in [6, 6.07) is 0.677. The number of carbonyl (C=O) groups excluding carboxylic acids is 1. The van der Waals surface area contributed by atoms with Gasteiger partial charge in [0.15, 0.2) is 0 Å². The number of Topliss-reactive ketones (excluding diaryl/α,β-unsaturated/α-hetero) is 1. The summed E-state index contributed by atoms with van der Waals surface area (Å²) in [5, 5.41) is 0. The quantitative estimate of drug-likeness (QED) is 0.672. The molecule has 132 valence electrons. The number of hydrogen-bond donors (Lipinski definition) is 0. The highest BCUT2D eigenvalue weighted by atomic mass is 16.1. The number of likely N-dealkylation sites (tertiary alicyclic amines) is 1. The second kappa shape index (κ2) is 7.06. The summed E-state index contributed by atoms with van der Waals surface area (Å²) in [6.07, 6.45) is 19.8. The molecular weight excluding hydrogens is 294 g/mol. The normalized spacial score (nSPS) is 37.0. The lowest BCUT2D eigenvalue weighted by atomic mass is 9.66. The average molecular weight is 328 g/mol. The Labute approximate surface area is 147 Å². The van der Waals surface area contributed by atoms with Gasteiger partial charge in [-0.15, -0.1) is 0 Å². The summed E-state index contributed by atoms with van der Waals surface area (Å²) in [5.74, 6) is 2.80. The maximum Gasteiger partial charge on any atom is 0.140 e. The molecule has 24 heavy (non-hydrogen) atoms. The number of nitrogens with zero attached hydrogens (tertiary/aromatic N) is 1. The van der Waals surface area contributed by atoms with Gasteiger partial charge in [-0.1, -0.05) is 50.3 Å². The van der Waals surface area contributed by atoms with E-state index in [2.05, 4.69) is 30.1 Å². The molecule has 0 amide bonds. The first-order valence-electron chi connectivity index (χ1n) is 10.4. The highest BCUT2D eigenvalue weighted by molar-refractivity contribution is 5.84. The number of piperidine rings is 1. The van der Waals surface area contributed by atoms with Crippen molar-refractivity contribution >= 4 is 5.78 Å². The van der Waals surface area contributed by atoms with Gasteiger partial charge in [0.25, 0.3) is 0 Å². The third-order valence-corrected chi connectivity index (χ3v) is 7.24. The van der Waals surface area contributed by atoms with Crippen LogP contribution in [0.25, 0.3) is 0 Å². The predicted molar refractivity (Wildman–Crippen MR) is 98.5 cm³/mol. The first-order valence-corrected chi connectivity index (χ1v) is 10.4. The summed E-state index contributed by atoms with van der Waals surface area (Å²) >= 11 is 0. The molecule has 3 aliphatic carbocycles. The van der Waals surface area contributed by atoms with E-state index < -0.39 is 0 Å². The molecule has 2 fully saturated rings. The molecule has 0 bridgehead atoms. The van der Waals surface area contributed by atoms with E-state index in [0.717, 1.165) is 12.3 Å². The lowest BCUT2D eigenvalue weighted by Crippen LogP contribution is -2.46. The molecule has 0 aromatic heterocycles. The Bertz CT molecular complexity index is 528. The first kappa shape index (κ1) is 16.4. The molecule has 1 saturated carbocycles. The van der Waals surface area contributed by atoms with E-state index in [1.165, 1.54) is 57.9 Å². The van der Waals surface area contributed by atoms with Crippen molar-refractivity contribution < 1.29 is 4.79 Å². The topological polar surface area (TPSA) is 20.3 Å². The maximum absolute atomic E-state index is 12.3. The Morgan fingerprint density at radius 2 is 1.92 bits per heavy atom. The monoisotopic (exact) mass is 327 g/mol. The summed E-state index contributed by atoms with van der Waals surface area (Å²) in [4.78, 5) is 15.0. The Kier molecular flexibility index (Phi) is 4.83. The van der Waals surface area contributed by atoms with Crippen molar-refractivity contribution in [2.24, 2.45) is 23.7 Å². The Morgan fingerprint density at radius 1 is 1.08 bits per heavy atom. The standard InChI is InChI=1S/C22H33NO/c1-16-10-11-19-18-8-5-9-22(24)20(18)12-13-21(19)23(16)15-14-17-6-3-2-4-7-17/h5,8,13,16-20H,2-4,6-7,9-12,14-15H2,1H3/t16?,18?,19-,20?/m0/s1. The molecule has 1 saturated heterocycles. The van der Waals surface area contributed by atoms with E-state index in [-0.39, 0.29) is 5.92 Å². The van der Waals surface area contributed by atoms with Crippen LogP contribution in [0.2, 0.25) is 0 Å². The molecule has 0 N–H and O–H groups in total. The van der Waals surface area contributed by atoms with Gasteiger partial charge in [-0.3, -0.25) is 4.79 Å². The zero-order valence-electron chi connectivity index (χ0n) is 15.3. The van der Waals surface area contributed by atoms with Crippen LogP contribution in [0, 0.1) is 23.7 Å². The van der Waals surface area contributed by atoms with E-state index in [1.54, 1.807) is 5.70 Å². The Balaban J connectivity index is 1.47. The minimum absolute atomic E-state index is 0.275. The van der Waals surface area contributed by atoms with E-state index in [0.29, 0.717) is 30.1 Å². The van der Waals surface area contributed by atoms with Gasteiger partial charge in [-0.05, 0) is 44.4 Å². The van der Waals surface area contributed by atoms with E-state index >= 15 is 0 Å². The largest absolute Gasteiger partial charge is 0.372 e. The fourth-order valence-electron chi connectivity index (χ4n) is 5.79. The van der Waals surface area contributed by atoms with Crippen LogP contribution in [0.5, 0.6) is 0 Å². The van der Waals surface area contributed by atoms with Crippen LogP contribution in [-0.2, 0) is 4.79 Å². The van der Waals surface area contributed by atoms with Crippen molar-refractivity contribution in [2.45, 2.75) is 77.2 Å². The van der Waals surface area contributed by atoms with Crippen LogP contribution in [0.3, 0.4) is 0 Å². The third kappa shape index (κ3) is 3.09. The van der Waals surface area contributed by atoms with E-state index in [9.17, 15) is 4.79 Å². The van der Waals surface area contributed by atoms with Crippen LogP contribution in [0.4, 0.5) is 0 Å². The lowest BCUT2D eigenvalue weighted by molar-refractivity contribution is -0.124. The van der Waals surface area contributed by atoms with Gasteiger partial charge in [-0.2, -0.15) is 0 Å². The molecule has 4 atom stereocenters. The number of rotatable bonds is 3. The van der Waals surface area contributed by atoms with Crippen molar-refractivity contribution in [2.75, 3.05) is 6.54 Å². The van der Waals surface area contributed by atoms with Crippen LogP contribution in [0.1, 0.15) is 71.1 Å². The smallest absolute Gasteiger partial charge is 0.140 e. The van der Waals surface area contributed by atoms with Crippen LogP contribution < -0.4 is 0 Å². The third-order valence-electron chi connectivity index (χ3n) is 7.24. The molecule has 0 radical (unpaired) electrons. The van der Waals surface area contributed by atoms with Gasteiger partial charge in [0.05, 0.1) is 0 Å². The summed E-state index contributed by atoms with van der Waals surface area (Å²) in [5.41, 5.74) is 1.59. The van der Waals surface area contributed by atoms with Crippen molar-refractivity contribution in [1.29, 1.82) is 0 Å². The molecule has 0 aromatic carbocycles. The zero-order chi connectivity index (χ0) is 16.5. The van der Waals surface area contributed by atoms with Gasteiger partial charge < -0.3 is 4.90 Å². The highest BCUT2D eigenvalue weighted by Crippen LogP contribution is 2.46. The minimum atomic E-state index is 0.275. The minimum Gasteiger partial charge on any atom is -0.372 e. The first-order chi connectivity index (χ1) is 11.7. The molecule has 4 aliphatic rings. The molecule has 2 nitrogen and oxygen atoms in total. The van der Waals surface area contributed by atoms with Crippen LogP contribution in [0.15, 0.2) is 23.9 Å². The predicted octanol–water partition coefficient (Wildman–Crippen LogP) is 5.11.